The number of aliphatic hydroxyl groups excluding tert-OH is 1. The maximum absolute atomic E-state index is 13.2. The predicted molar refractivity (Wildman–Crippen MR) is 69.4 cm³/mol. The van der Waals surface area contributed by atoms with Crippen LogP contribution in [-0.4, -0.2) is 37.0 Å². The van der Waals surface area contributed by atoms with Crippen LogP contribution in [0.1, 0.15) is 19.4 Å². The van der Waals surface area contributed by atoms with Gasteiger partial charge in [-0.1, -0.05) is 6.07 Å². The van der Waals surface area contributed by atoms with Crippen molar-refractivity contribution >= 4 is 5.69 Å². The number of nitrogens with zero attached hydrogens (tertiary/aromatic N) is 1. The number of ether oxygens (including phenoxy) is 1. The van der Waals surface area contributed by atoms with Crippen molar-refractivity contribution in [3.63, 3.8) is 0 Å². The van der Waals surface area contributed by atoms with E-state index >= 15 is 0 Å². The summed E-state index contributed by atoms with van der Waals surface area (Å²) in [5.41, 5.74) is 2.05. The molecule has 1 atom stereocenters. The molecule has 1 unspecified atom stereocenters. The summed E-state index contributed by atoms with van der Waals surface area (Å²) in [4.78, 5) is 2.02. The first kappa shape index (κ1) is 13.3. The third-order valence-electron chi connectivity index (χ3n) is 3.09. The maximum atomic E-state index is 13.2. The highest BCUT2D eigenvalue weighted by atomic mass is 19.1. The third-order valence-corrected chi connectivity index (χ3v) is 3.09. The summed E-state index contributed by atoms with van der Waals surface area (Å²) in [5.74, 6) is -0.228. The molecule has 0 bridgehead atoms. The molecule has 1 heterocycles. The Bertz CT molecular complexity index is 409. The zero-order valence-electron chi connectivity index (χ0n) is 10.9. The van der Waals surface area contributed by atoms with Crippen molar-refractivity contribution in [1.29, 1.82) is 0 Å². The normalized spacial score (nSPS) is 16.2. The highest BCUT2D eigenvalue weighted by molar-refractivity contribution is 5.58. The number of hydrogen-bond acceptors (Lipinski definition) is 3. The van der Waals surface area contributed by atoms with Crippen LogP contribution in [0.4, 0.5) is 10.1 Å². The van der Waals surface area contributed by atoms with Gasteiger partial charge in [-0.2, -0.15) is 0 Å². The molecule has 0 spiro atoms. The Hall–Kier alpha value is -1.13. The molecule has 2 rings (SSSR count). The van der Waals surface area contributed by atoms with Crippen molar-refractivity contribution in [3.05, 3.63) is 29.6 Å². The molecular weight excluding hydrogens is 233 g/mol. The van der Waals surface area contributed by atoms with E-state index in [0.29, 0.717) is 13.2 Å². The van der Waals surface area contributed by atoms with Crippen LogP contribution in [0.5, 0.6) is 0 Å². The molecule has 0 amide bonds. The van der Waals surface area contributed by atoms with Gasteiger partial charge in [0.2, 0.25) is 0 Å². The first-order valence-electron chi connectivity index (χ1n) is 6.39. The van der Waals surface area contributed by atoms with Gasteiger partial charge in [-0.05, 0) is 38.0 Å². The number of benzene rings is 1. The van der Waals surface area contributed by atoms with Crippen molar-refractivity contribution in [1.82, 2.24) is 0 Å². The lowest BCUT2D eigenvalue weighted by Crippen LogP contribution is -2.34. The lowest BCUT2D eigenvalue weighted by atomic mass is 10.2. The molecule has 0 fully saturated rings. The van der Waals surface area contributed by atoms with Gasteiger partial charge in [0.1, 0.15) is 5.82 Å². The number of halogens is 1. The third kappa shape index (κ3) is 3.21. The minimum atomic E-state index is -0.540. The molecule has 0 aromatic heterocycles. The monoisotopic (exact) mass is 253 g/mol. The average molecular weight is 253 g/mol. The standard InChI is InChI=1S/C14H20FNO2/c1-10(2)18-9-13(17)8-16-6-5-11-3-4-12(15)7-14(11)16/h3-4,7,10,13,17H,5-6,8-9H2,1-2H3. The fourth-order valence-electron chi connectivity index (χ4n) is 2.22. The van der Waals surface area contributed by atoms with E-state index in [1.165, 1.54) is 6.07 Å². The molecule has 0 radical (unpaired) electrons. The number of rotatable bonds is 5. The van der Waals surface area contributed by atoms with Crippen LogP contribution in [0.25, 0.3) is 0 Å². The SMILES string of the molecule is CC(C)OCC(O)CN1CCc2ccc(F)cc21. The highest BCUT2D eigenvalue weighted by Gasteiger charge is 2.21. The van der Waals surface area contributed by atoms with Gasteiger partial charge in [-0.15, -0.1) is 0 Å². The maximum Gasteiger partial charge on any atom is 0.125 e. The minimum Gasteiger partial charge on any atom is -0.389 e. The van der Waals surface area contributed by atoms with Crippen LogP contribution in [0.2, 0.25) is 0 Å². The minimum absolute atomic E-state index is 0.114. The van der Waals surface area contributed by atoms with Crippen molar-refractivity contribution in [2.45, 2.75) is 32.5 Å². The van der Waals surface area contributed by atoms with Gasteiger partial charge >= 0.3 is 0 Å². The van der Waals surface area contributed by atoms with E-state index in [1.807, 2.05) is 24.8 Å². The first-order valence-corrected chi connectivity index (χ1v) is 6.39. The molecule has 1 aliphatic rings. The van der Waals surface area contributed by atoms with E-state index in [4.69, 9.17) is 4.74 Å². The number of aliphatic hydroxyl groups is 1. The highest BCUT2D eigenvalue weighted by Crippen LogP contribution is 2.28. The summed E-state index contributed by atoms with van der Waals surface area (Å²) in [7, 11) is 0. The molecule has 1 aromatic rings. The zero-order valence-corrected chi connectivity index (χ0v) is 10.9. The molecule has 100 valence electrons. The van der Waals surface area contributed by atoms with Gasteiger partial charge in [0, 0.05) is 18.8 Å². The van der Waals surface area contributed by atoms with Crippen LogP contribution in [-0.2, 0) is 11.2 Å². The largest absolute Gasteiger partial charge is 0.389 e. The van der Waals surface area contributed by atoms with Gasteiger partial charge in [0.15, 0.2) is 0 Å². The second-order valence-corrected chi connectivity index (χ2v) is 5.00. The van der Waals surface area contributed by atoms with E-state index in [-0.39, 0.29) is 11.9 Å². The quantitative estimate of drug-likeness (QED) is 0.871. The molecule has 1 N–H and O–H groups in total. The Kier molecular flexibility index (Phi) is 4.19. The second-order valence-electron chi connectivity index (χ2n) is 5.00. The van der Waals surface area contributed by atoms with Crippen LogP contribution in [0, 0.1) is 5.82 Å². The Morgan fingerprint density at radius 1 is 1.44 bits per heavy atom. The molecule has 4 heteroatoms. The first-order chi connectivity index (χ1) is 8.56. The summed E-state index contributed by atoms with van der Waals surface area (Å²) in [5, 5.41) is 9.89. The summed E-state index contributed by atoms with van der Waals surface area (Å²) in [6, 6.07) is 4.85. The molecule has 18 heavy (non-hydrogen) atoms. The number of anilines is 1. The molecule has 1 aliphatic heterocycles. The lowest BCUT2D eigenvalue weighted by molar-refractivity contribution is 0.00904. The fourth-order valence-corrected chi connectivity index (χ4v) is 2.22. The summed E-state index contributed by atoms with van der Waals surface area (Å²) < 4.78 is 18.6. The zero-order chi connectivity index (χ0) is 13.1. The topological polar surface area (TPSA) is 32.7 Å². The summed E-state index contributed by atoms with van der Waals surface area (Å²) in [6.45, 7) is 5.51. The fraction of sp³-hybridized carbons (Fsp3) is 0.571. The summed E-state index contributed by atoms with van der Waals surface area (Å²) >= 11 is 0. The van der Waals surface area contributed by atoms with Gasteiger partial charge in [0.05, 0.1) is 18.8 Å². The van der Waals surface area contributed by atoms with Gasteiger partial charge < -0.3 is 14.7 Å². The van der Waals surface area contributed by atoms with Crippen molar-refractivity contribution in [2.75, 3.05) is 24.6 Å². The van der Waals surface area contributed by atoms with Crippen LogP contribution in [0.3, 0.4) is 0 Å². The molecule has 0 saturated heterocycles. The molecule has 3 nitrogen and oxygen atoms in total. The molecule has 0 saturated carbocycles. The molecule has 1 aromatic carbocycles. The van der Waals surface area contributed by atoms with E-state index < -0.39 is 6.10 Å². The van der Waals surface area contributed by atoms with Crippen molar-refractivity contribution < 1.29 is 14.2 Å². The van der Waals surface area contributed by atoms with E-state index in [0.717, 1.165) is 24.2 Å². The van der Waals surface area contributed by atoms with Crippen molar-refractivity contribution in [2.24, 2.45) is 0 Å². The number of fused-ring (bicyclic) bond motifs is 1. The molecular formula is C14H20FNO2. The smallest absolute Gasteiger partial charge is 0.125 e. The van der Waals surface area contributed by atoms with Crippen LogP contribution >= 0.6 is 0 Å². The predicted octanol–water partition coefficient (Wildman–Crippen LogP) is 1.97. The second kappa shape index (κ2) is 5.67. The van der Waals surface area contributed by atoms with Crippen LogP contribution < -0.4 is 4.90 Å². The summed E-state index contributed by atoms with van der Waals surface area (Å²) in [6.07, 6.45) is 0.484. The van der Waals surface area contributed by atoms with Gasteiger partial charge in [0.25, 0.3) is 0 Å². The lowest BCUT2D eigenvalue weighted by Gasteiger charge is -2.23. The number of β-amino-alcohol motifs (C(OH)–C–C–N with tert-alkyl or cyclic N) is 1. The Morgan fingerprint density at radius 3 is 2.94 bits per heavy atom. The molecule has 0 aliphatic carbocycles. The van der Waals surface area contributed by atoms with E-state index in [2.05, 4.69) is 0 Å². The van der Waals surface area contributed by atoms with Gasteiger partial charge in [-0.25, -0.2) is 4.39 Å². The van der Waals surface area contributed by atoms with Crippen LogP contribution in [0.15, 0.2) is 18.2 Å². The van der Waals surface area contributed by atoms with E-state index in [9.17, 15) is 9.50 Å². The average Bonchev–Trinajstić information content (AvgIpc) is 2.69. The van der Waals surface area contributed by atoms with Crippen molar-refractivity contribution in [3.8, 4) is 0 Å². The number of hydrogen-bond donors (Lipinski definition) is 1. The Labute approximate surface area is 107 Å². The Balaban J connectivity index is 1.94. The van der Waals surface area contributed by atoms with Gasteiger partial charge in [-0.3, -0.25) is 0 Å². The Morgan fingerprint density at radius 2 is 2.22 bits per heavy atom. The van der Waals surface area contributed by atoms with E-state index in [1.54, 1.807) is 6.07 Å².